The molecular weight excluding hydrogens is 293 g/mol. The quantitative estimate of drug-likeness (QED) is 0.753. The predicted octanol–water partition coefficient (Wildman–Crippen LogP) is 3.61. The molecule has 0 aromatic carbocycles. The van der Waals surface area contributed by atoms with E-state index in [0.29, 0.717) is 13.2 Å². The molecule has 0 amide bonds. The van der Waals surface area contributed by atoms with Crippen LogP contribution in [0.5, 0.6) is 0 Å². The van der Waals surface area contributed by atoms with E-state index in [9.17, 15) is 4.57 Å². The predicted molar refractivity (Wildman–Crippen MR) is 66.5 cm³/mol. The van der Waals surface area contributed by atoms with E-state index in [1.54, 1.807) is 32.3 Å². The fourth-order valence-corrected chi connectivity index (χ4v) is 3.55. The third-order valence-corrected chi connectivity index (χ3v) is 4.66. The molecule has 0 bridgehead atoms. The van der Waals surface area contributed by atoms with Gasteiger partial charge >= 0.3 is 7.60 Å². The van der Waals surface area contributed by atoms with Gasteiger partial charge in [0.15, 0.2) is 0 Å². The zero-order valence-corrected chi connectivity index (χ0v) is 11.8. The van der Waals surface area contributed by atoms with Gasteiger partial charge in [-0.25, -0.2) is 0 Å². The van der Waals surface area contributed by atoms with Gasteiger partial charge in [0.1, 0.15) is 0 Å². The highest BCUT2D eigenvalue weighted by molar-refractivity contribution is 9.10. The van der Waals surface area contributed by atoms with E-state index in [2.05, 4.69) is 20.9 Å². The lowest BCUT2D eigenvalue weighted by Gasteiger charge is -2.17. The molecule has 0 aliphatic rings. The maximum atomic E-state index is 12.2. The summed E-state index contributed by atoms with van der Waals surface area (Å²) in [6.45, 7) is 4.33. The Kier molecular flexibility index (Phi) is 5.62. The number of halogens is 1. The first-order valence-electron chi connectivity index (χ1n) is 5.08. The van der Waals surface area contributed by atoms with Gasteiger partial charge in [0, 0.05) is 16.9 Å². The lowest BCUT2D eigenvalue weighted by atomic mass is 10.3. The summed E-state index contributed by atoms with van der Waals surface area (Å²) in [7, 11) is -3.04. The molecule has 1 aromatic heterocycles. The van der Waals surface area contributed by atoms with Crippen LogP contribution in [0, 0.1) is 0 Å². The van der Waals surface area contributed by atoms with Gasteiger partial charge in [-0.3, -0.25) is 9.55 Å². The second kappa shape index (κ2) is 6.50. The van der Waals surface area contributed by atoms with E-state index in [0.717, 1.165) is 10.0 Å². The van der Waals surface area contributed by atoms with E-state index in [1.165, 1.54) is 0 Å². The van der Waals surface area contributed by atoms with Crippen molar-refractivity contribution in [3.05, 3.63) is 28.5 Å². The van der Waals surface area contributed by atoms with Crippen LogP contribution in [-0.4, -0.2) is 18.2 Å². The zero-order valence-electron chi connectivity index (χ0n) is 9.35. The first kappa shape index (κ1) is 13.8. The molecular formula is C10H15BrNO3P. The minimum atomic E-state index is -3.04. The van der Waals surface area contributed by atoms with E-state index < -0.39 is 7.60 Å². The van der Waals surface area contributed by atoms with Crippen molar-refractivity contribution in [2.75, 3.05) is 13.2 Å². The Morgan fingerprint density at radius 2 is 2.00 bits per heavy atom. The molecule has 0 spiro atoms. The molecule has 1 heterocycles. The Bertz CT molecular complexity index is 376. The third-order valence-electron chi connectivity index (χ3n) is 1.86. The molecule has 16 heavy (non-hydrogen) atoms. The molecule has 0 N–H and O–H groups in total. The molecule has 0 saturated heterocycles. The average molecular weight is 308 g/mol. The highest BCUT2D eigenvalue weighted by Gasteiger charge is 2.25. The molecule has 0 unspecified atom stereocenters. The maximum Gasteiger partial charge on any atom is 0.335 e. The van der Waals surface area contributed by atoms with Crippen molar-refractivity contribution in [2.24, 2.45) is 0 Å². The molecule has 0 radical (unpaired) electrons. The molecule has 0 saturated carbocycles. The third kappa shape index (κ3) is 3.98. The molecule has 4 nitrogen and oxygen atoms in total. The number of rotatable bonds is 6. The van der Waals surface area contributed by atoms with Crippen LogP contribution < -0.4 is 0 Å². The van der Waals surface area contributed by atoms with Crippen LogP contribution >= 0.6 is 23.5 Å². The number of hydrogen-bond acceptors (Lipinski definition) is 4. The normalized spacial score (nSPS) is 11.7. The number of aromatic nitrogens is 1. The Hall–Kier alpha value is -0.220. The van der Waals surface area contributed by atoms with Crippen LogP contribution in [0.25, 0.3) is 0 Å². The van der Waals surface area contributed by atoms with Crippen LogP contribution in [0.3, 0.4) is 0 Å². The summed E-state index contributed by atoms with van der Waals surface area (Å²) >= 11 is 3.38. The molecule has 0 aliphatic heterocycles. The Morgan fingerprint density at radius 1 is 1.38 bits per heavy atom. The van der Waals surface area contributed by atoms with E-state index >= 15 is 0 Å². The Labute approximate surface area is 104 Å². The van der Waals surface area contributed by atoms with Gasteiger partial charge in [-0.1, -0.05) is 15.9 Å². The lowest BCUT2D eigenvalue weighted by molar-refractivity contribution is 0.219. The van der Waals surface area contributed by atoms with Gasteiger partial charge < -0.3 is 9.05 Å². The average Bonchev–Trinajstić information content (AvgIpc) is 2.22. The number of nitrogens with zero attached hydrogens (tertiary/aromatic N) is 1. The smallest absolute Gasteiger partial charge is 0.309 e. The van der Waals surface area contributed by atoms with Crippen LogP contribution in [0.4, 0.5) is 0 Å². The molecule has 0 fully saturated rings. The first-order valence-corrected chi connectivity index (χ1v) is 7.60. The minimum Gasteiger partial charge on any atom is -0.309 e. The summed E-state index contributed by atoms with van der Waals surface area (Å²) in [6.07, 6.45) is 3.57. The van der Waals surface area contributed by atoms with Gasteiger partial charge in [0.25, 0.3) is 0 Å². The largest absolute Gasteiger partial charge is 0.335 e. The number of hydrogen-bond donors (Lipinski definition) is 0. The van der Waals surface area contributed by atoms with E-state index in [-0.39, 0.29) is 6.16 Å². The van der Waals surface area contributed by atoms with Crippen LogP contribution in [0.1, 0.15) is 19.4 Å². The van der Waals surface area contributed by atoms with Crippen LogP contribution in [-0.2, 0) is 19.8 Å². The van der Waals surface area contributed by atoms with Crippen molar-refractivity contribution in [3.8, 4) is 0 Å². The van der Waals surface area contributed by atoms with Gasteiger partial charge in [-0.05, 0) is 25.5 Å². The topological polar surface area (TPSA) is 48.4 Å². The highest BCUT2D eigenvalue weighted by atomic mass is 79.9. The Morgan fingerprint density at radius 3 is 2.50 bits per heavy atom. The van der Waals surface area contributed by atoms with Gasteiger partial charge in [-0.15, -0.1) is 0 Å². The second-order valence-corrected chi connectivity index (χ2v) is 5.98. The molecule has 90 valence electrons. The molecule has 0 aliphatic carbocycles. The fraction of sp³-hybridized carbons (Fsp3) is 0.500. The summed E-state index contributed by atoms with van der Waals surface area (Å²) in [5.41, 5.74) is 0.827. The lowest BCUT2D eigenvalue weighted by Crippen LogP contribution is -2.00. The van der Waals surface area contributed by atoms with Crippen LogP contribution in [0.2, 0.25) is 0 Å². The molecule has 1 aromatic rings. The minimum absolute atomic E-state index is 0.239. The van der Waals surface area contributed by atoms with Crippen molar-refractivity contribution in [1.82, 2.24) is 4.98 Å². The first-order chi connectivity index (χ1) is 7.61. The standard InChI is InChI=1S/C10H15BrNO3P/c1-3-14-16(13,15-4-2)8-9-7-12-6-5-10(9)11/h5-7H,3-4,8H2,1-2H3. The van der Waals surface area contributed by atoms with Crippen molar-refractivity contribution in [3.63, 3.8) is 0 Å². The monoisotopic (exact) mass is 307 g/mol. The zero-order chi connectivity index (χ0) is 12.0. The van der Waals surface area contributed by atoms with Crippen LogP contribution in [0.15, 0.2) is 22.9 Å². The summed E-state index contributed by atoms with van der Waals surface area (Å²) < 4.78 is 23.5. The summed E-state index contributed by atoms with van der Waals surface area (Å²) in [4.78, 5) is 3.99. The molecule has 1 rings (SSSR count). The molecule has 0 atom stereocenters. The van der Waals surface area contributed by atoms with Crippen molar-refractivity contribution in [2.45, 2.75) is 20.0 Å². The van der Waals surface area contributed by atoms with Gasteiger partial charge in [-0.2, -0.15) is 0 Å². The SMILES string of the molecule is CCOP(=O)(Cc1cnccc1Br)OCC. The summed E-state index contributed by atoms with van der Waals surface area (Å²) in [6, 6.07) is 1.80. The molecule has 6 heteroatoms. The van der Waals surface area contributed by atoms with E-state index in [4.69, 9.17) is 9.05 Å². The van der Waals surface area contributed by atoms with E-state index in [1.807, 2.05) is 0 Å². The summed E-state index contributed by atoms with van der Waals surface area (Å²) in [5.74, 6) is 0. The Balaban J connectivity index is 2.83. The van der Waals surface area contributed by atoms with Gasteiger partial charge in [0.05, 0.1) is 19.4 Å². The number of pyridine rings is 1. The van der Waals surface area contributed by atoms with Crippen molar-refractivity contribution < 1.29 is 13.6 Å². The maximum absolute atomic E-state index is 12.2. The second-order valence-electron chi connectivity index (χ2n) is 3.07. The highest BCUT2D eigenvalue weighted by Crippen LogP contribution is 2.51. The van der Waals surface area contributed by atoms with Crippen molar-refractivity contribution in [1.29, 1.82) is 0 Å². The van der Waals surface area contributed by atoms with Crippen molar-refractivity contribution >= 4 is 23.5 Å². The fourth-order valence-electron chi connectivity index (χ4n) is 1.26. The van der Waals surface area contributed by atoms with Gasteiger partial charge in [0.2, 0.25) is 0 Å². The summed E-state index contributed by atoms with van der Waals surface area (Å²) in [5, 5.41) is 0.